The van der Waals surface area contributed by atoms with E-state index in [-0.39, 0.29) is 24.8 Å². The number of nitrogens with zero attached hydrogens (tertiary/aromatic N) is 5. The third-order valence-corrected chi connectivity index (χ3v) is 5.81. The van der Waals surface area contributed by atoms with Crippen LogP contribution in [-0.2, 0) is 16.1 Å². The second-order valence-corrected chi connectivity index (χ2v) is 8.06. The summed E-state index contributed by atoms with van der Waals surface area (Å²) >= 11 is 0. The number of anilines is 2. The number of ether oxygens (including phenoxy) is 2. The van der Waals surface area contributed by atoms with Gasteiger partial charge in [-0.25, -0.2) is 4.98 Å². The van der Waals surface area contributed by atoms with Gasteiger partial charge in [-0.15, -0.1) is 0 Å². The van der Waals surface area contributed by atoms with Gasteiger partial charge in [0.05, 0.1) is 44.3 Å². The number of fused-ring (bicyclic) bond motifs is 1. The number of pyridine rings is 1. The van der Waals surface area contributed by atoms with Crippen LogP contribution in [0.1, 0.15) is 12.1 Å². The van der Waals surface area contributed by atoms with E-state index < -0.39 is 5.92 Å². The fourth-order valence-electron chi connectivity index (χ4n) is 4.11. The predicted molar refractivity (Wildman–Crippen MR) is 125 cm³/mol. The van der Waals surface area contributed by atoms with E-state index in [0.717, 1.165) is 11.3 Å². The summed E-state index contributed by atoms with van der Waals surface area (Å²) in [5, 5.41) is 7.20. The first kappa shape index (κ1) is 21.5. The van der Waals surface area contributed by atoms with Crippen molar-refractivity contribution in [1.82, 2.24) is 19.2 Å². The minimum atomic E-state index is -0.470. The molecule has 4 aromatic rings. The molecule has 0 radical (unpaired) electrons. The van der Waals surface area contributed by atoms with Crippen molar-refractivity contribution in [2.45, 2.75) is 13.0 Å². The third-order valence-electron chi connectivity index (χ3n) is 5.81. The van der Waals surface area contributed by atoms with Crippen LogP contribution in [0, 0.1) is 5.92 Å². The van der Waals surface area contributed by atoms with Crippen molar-refractivity contribution in [2.75, 3.05) is 31.0 Å². The molecule has 1 aliphatic heterocycles. The van der Waals surface area contributed by atoms with Gasteiger partial charge in [-0.1, -0.05) is 6.07 Å². The molecule has 0 bridgehead atoms. The maximum absolute atomic E-state index is 12.9. The molecule has 1 atom stereocenters. The van der Waals surface area contributed by atoms with E-state index in [4.69, 9.17) is 9.47 Å². The lowest BCUT2D eigenvalue weighted by Gasteiger charge is -2.18. The van der Waals surface area contributed by atoms with Gasteiger partial charge in [-0.05, 0) is 24.3 Å². The molecule has 1 saturated heterocycles. The summed E-state index contributed by atoms with van der Waals surface area (Å²) in [6.07, 6.45) is 7.37. The van der Waals surface area contributed by atoms with Crippen molar-refractivity contribution in [3.05, 3.63) is 66.9 Å². The molecule has 0 saturated carbocycles. The Balaban J connectivity index is 1.23. The van der Waals surface area contributed by atoms with Crippen LogP contribution in [0.4, 0.5) is 11.4 Å². The normalized spacial score (nSPS) is 15.6. The maximum atomic E-state index is 12.9. The summed E-state index contributed by atoms with van der Waals surface area (Å²) in [7, 11) is 3.09. The first-order chi connectivity index (χ1) is 16.5. The summed E-state index contributed by atoms with van der Waals surface area (Å²) in [5.41, 5.74) is 2.96. The van der Waals surface area contributed by atoms with Gasteiger partial charge in [0.25, 0.3) is 0 Å². The number of amides is 2. The molecule has 174 valence electrons. The minimum absolute atomic E-state index is 0.116. The van der Waals surface area contributed by atoms with Crippen molar-refractivity contribution >= 4 is 28.8 Å². The molecule has 2 amide bonds. The average molecular weight is 460 g/mol. The number of benzene rings is 1. The number of rotatable bonds is 7. The van der Waals surface area contributed by atoms with E-state index in [2.05, 4.69) is 15.4 Å². The average Bonchev–Trinajstić information content (AvgIpc) is 3.56. The smallest absolute Gasteiger partial charge is 0.229 e. The van der Waals surface area contributed by atoms with Crippen molar-refractivity contribution in [3.63, 3.8) is 0 Å². The Bertz CT molecular complexity index is 1330. The predicted octanol–water partition coefficient (Wildman–Crippen LogP) is 2.59. The van der Waals surface area contributed by atoms with Crippen molar-refractivity contribution in [2.24, 2.45) is 5.92 Å². The molecule has 0 spiro atoms. The quantitative estimate of drug-likeness (QED) is 0.455. The van der Waals surface area contributed by atoms with Crippen LogP contribution in [0.5, 0.6) is 11.5 Å². The van der Waals surface area contributed by atoms with E-state index in [1.54, 1.807) is 54.4 Å². The zero-order valence-electron chi connectivity index (χ0n) is 18.8. The molecule has 1 fully saturated rings. The van der Waals surface area contributed by atoms with Gasteiger partial charge in [0.2, 0.25) is 11.8 Å². The molecular weight excluding hydrogens is 436 g/mol. The largest absolute Gasteiger partial charge is 0.493 e. The van der Waals surface area contributed by atoms with Crippen LogP contribution >= 0.6 is 0 Å². The minimum Gasteiger partial charge on any atom is -0.493 e. The lowest BCUT2D eigenvalue weighted by molar-refractivity contribution is -0.122. The lowest BCUT2D eigenvalue weighted by Crippen LogP contribution is -2.28. The molecule has 10 heteroatoms. The fraction of sp³-hybridized carbons (Fsp3) is 0.250. The first-order valence-electron chi connectivity index (χ1n) is 10.8. The number of aromatic nitrogens is 4. The van der Waals surface area contributed by atoms with Crippen LogP contribution in [0.2, 0.25) is 0 Å². The third kappa shape index (κ3) is 4.17. The first-order valence-corrected chi connectivity index (χ1v) is 10.8. The highest BCUT2D eigenvalue weighted by molar-refractivity contribution is 6.03. The standard InChI is InChI=1S/C24H24N6O4/c1-33-20-7-6-19(10-21(20)34-2)30-12-16(9-23(30)31)24(32)27-17-11-25-29(14-17)15-18-13-28-8-4-3-5-22(28)26-18/h3-8,10-11,13-14,16H,9,12,15H2,1-2H3,(H,27,32). The van der Waals surface area contributed by atoms with Gasteiger partial charge in [0.15, 0.2) is 11.5 Å². The number of methoxy groups -OCH3 is 2. The zero-order chi connectivity index (χ0) is 23.7. The molecule has 4 heterocycles. The van der Waals surface area contributed by atoms with Crippen LogP contribution in [0.3, 0.4) is 0 Å². The Morgan fingerprint density at radius 3 is 2.79 bits per heavy atom. The number of imidazole rings is 1. The molecular formula is C24H24N6O4. The number of hydrogen-bond donors (Lipinski definition) is 1. The van der Waals surface area contributed by atoms with Gasteiger partial charge >= 0.3 is 0 Å². The Morgan fingerprint density at radius 1 is 1.15 bits per heavy atom. The van der Waals surface area contributed by atoms with Crippen molar-refractivity contribution < 1.29 is 19.1 Å². The van der Waals surface area contributed by atoms with Crippen LogP contribution in [-0.4, -0.2) is 51.7 Å². The van der Waals surface area contributed by atoms with Gasteiger partial charge in [0.1, 0.15) is 5.65 Å². The van der Waals surface area contributed by atoms with Gasteiger partial charge < -0.3 is 24.1 Å². The molecule has 1 N–H and O–H groups in total. The van der Waals surface area contributed by atoms with E-state index in [0.29, 0.717) is 29.4 Å². The van der Waals surface area contributed by atoms with Gasteiger partial charge in [0, 0.05) is 43.3 Å². The number of nitrogens with one attached hydrogen (secondary N) is 1. The molecule has 3 aromatic heterocycles. The van der Waals surface area contributed by atoms with E-state index in [1.807, 2.05) is 35.0 Å². The lowest BCUT2D eigenvalue weighted by atomic mass is 10.1. The van der Waals surface area contributed by atoms with E-state index >= 15 is 0 Å². The molecule has 1 unspecified atom stereocenters. The maximum Gasteiger partial charge on any atom is 0.229 e. The highest BCUT2D eigenvalue weighted by atomic mass is 16.5. The molecule has 34 heavy (non-hydrogen) atoms. The molecule has 10 nitrogen and oxygen atoms in total. The van der Waals surface area contributed by atoms with Crippen LogP contribution in [0.25, 0.3) is 5.65 Å². The second kappa shape index (κ2) is 8.89. The van der Waals surface area contributed by atoms with Gasteiger partial charge in [-0.2, -0.15) is 5.10 Å². The van der Waals surface area contributed by atoms with E-state index in [9.17, 15) is 9.59 Å². The highest BCUT2D eigenvalue weighted by Gasteiger charge is 2.35. The SMILES string of the molecule is COc1ccc(N2CC(C(=O)Nc3cnn(Cc4cn5ccccc5n4)c3)CC2=O)cc1OC. The Morgan fingerprint density at radius 2 is 2.00 bits per heavy atom. The summed E-state index contributed by atoms with van der Waals surface area (Å²) in [4.78, 5) is 31.6. The number of hydrogen-bond acceptors (Lipinski definition) is 6. The summed E-state index contributed by atoms with van der Waals surface area (Å²) in [6, 6.07) is 11.1. The molecule has 5 rings (SSSR count). The summed E-state index contributed by atoms with van der Waals surface area (Å²) < 4.78 is 14.2. The Labute approximate surface area is 195 Å². The topological polar surface area (TPSA) is 103 Å². The van der Waals surface area contributed by atoms with Crippen molar-refractivity contribution in [3.8, 4) is 11.5 Å². The van der Waals surface area contributed by atoms with Crippen molar-refractivity contribution in [1.29, 1.82) is 0 Å². The molecule has 1 aromatic carbocycles. The molecule has 0 aliphatic carbocycles. The van der Waals surface area contributed by atoms with Crippen LogP contribution < -0.4 is 19.7 Å². The van der Waals surface area contributed by atoms with Crippen LogP contribution in [0.15, 0.2) is 61.2 Å². The monoisotopic (exact) mass is 460 g/mol. The van der Waals surface area contributed by atoms with Gasteiger partial charge in [-0.3, -0.25) is 14.3 Å². The second-order valence-electron chi connectivity index (χ2n) is 8.06. The number of carbonyl (C=O) groups is 2. The fourth-order valence-corrected chi connectivity index (χ4v) is 4.11. The molecule has 1 aliphatic rings. The Kier molecular flexibility index (Phi) is 5.62. The Hall–Kier alpha value is -4.34. The number of carbonyl (C=O) groups excluding carboxylic acids is 2. The summed E-state index contributed by atoms with van der Waals surface area (Å²) in [5.74, 6) is 0.299. The highest BCUT2D eigenvalue weighted by Crippen LogP contribution is 2.34. The zero-order valence-corrected chi connectivity index (χ0v) is 18.8. The summed E-state index contributed by atoms with van der Waals surface area (Å²) in [6.45, 7) is 0.766. The van der Waals surface area contributed by atoms with E-state index in [1.165, 1.54) is 0 Å².